The third-order valence-electron chi connectivity index (χ3n) is 3.03. The Kier molecular flexibility index (Phi) is 3.89. The molecule has 0 fully saturated rings. The minimum atomic E-state index is -4.64. The second-order valence-electron chi connectivity index (χ2n) is 4.65. The van der Waals surface area contributed by atoms with Gasteiger partial charge in [-0.3, -0.25) is 4.68 Å². The molecule has 0 radical (unpaired) electrons. The van der Waals surface area contributed by atoms with Gasteiger partial charge in [-0.1, -0.05) is 0 Å². The van der Waals surface area contributed by atoms with Gasteiger partial charge in [0.05, 0.1) is 17.9 Å². The van der Waals surface area contributed by atoms with Gasteiger partial charge in [0.25, 0.3) is 0 Å². The Morgan fingerprint density at radius 3 is 2.70 bits per heavy atom. The van der Waals surface area contributed by atoms with Crippen molar-refractivity contribution < 1.29 is 18.3 Å². The van der Waals surface area contributed by atoms with Gasteiger partial charge in [0, 0.05) is 24.5 Å². The van der Waals surface area contributed by atoms with Crippen LogP contribution in [0.15, 0.2) is 24.5 Å². The Labute approximate surface area is 114 Å². The first-order valence-electron chi connectivity index (χ1n) is 6.25. The molecule has 0 aliphatic rings. The molecule has 1 atom stereocenters. The molecule has 0 saturated carbocycles. The maximum Gasteiger partial charge on any atom is 0.418 e. The Morgan fingerprint density at radius 2 is 2.10 bits per heavy atom. The van der Waals surface area contributed by atoms with Gasteiger partial charge in [0.1, 0.15) is 0 Å². The van der Waals surface area contributed by atoms with Crippen molar-refractivity contribution in [3.8, 4) is 0 Å². The molecule has 0 spiro atoms. The highest BCUT2D eigenvalue weighted by Crippen LogP contribution is 2.32. The highest BCUT2D eigenvalue weighted by atomic mass is 19.4. The number of alkyl halides is 3. The fourth-order valence-electron chi connectivity index (χ4n) is 2.10. The van der Waals surface area contributed by atoms with Gasteiger partial charge in [0.2, 0.25) is 0 Å². The molecule has 2 aromatic rings. The number of aliphatic hydroxyl groups excluding tert-OH is 1. The first-order valence-corrected chi connectivity index (χ1v) is 6.25. The van der Waals surface area contributed by atoms with Crippen LogP contribution in [-0.2, 0) is 13.1 Å². The number of rotatable bonds is 4. The topological polar surface area (TPSA) is 43.0 Å². The molecule has 0 bridgehead atoms. The van der Waals surface area contributed by atoms with Crippen molar-refractivity contribution in [2.45, 2.75) is 39.2 Å². The monoisotopic (exact) mass is 287 g/mol. The smallest absolute Gasteiger partial charge is 0.379 e. The molecule has 20 heavy (non-hydrogen) atoms. The van der Waals surface area contributed by atoms with Gasteiger partial charge >= 0.3 is 6.18 Å². The molecule has 0 saturated heterocycles. The van der Waals surface area contributed by atoms with E-state index < -0.39 is 12.3 Å². The molecule has 0 aromatic carbocycles. The summed E-state index contributed by atoms with van der Waals surface area (Å²) in [5.74, 6) is 0. The van der Waals surface area contributed by atoms with Crippen LogP contribution in [0.2, 0.25) is 0 Å². The van der Waals surface area contributed by atoms with E-state index in [0.29, 0.717) is 13.1 Å². The normalized spacial score (nSPS) is 13.7. The average molecular weight is 287 g/mol. The molecule has 0 aliphatic carbocycles. The second kappa shape index (κ2) is 5.32. The molecular weight excluding hydrogens is 271 g/mol. The first kappa shape index (κ1) is 14.6. The summed E-state index contributed by atoms with van der Waals surface area (Å²) in [6, 6.07) is 3.17. The van der Waals surface area contributed by atoms with Crippen molar-refractivity contribution in [3.63, 3.8) is 0 Å². The van der Waals surface area contributed by atoms with E-state index in [4.69, 9.17) is 0 Å². The predicted molar refractivity (Wildman–Crippen MR) is 67.2 cm³/mol. The van der Waals surface area contributed by atoms with Crippen LogP contribution in [0.25, 0.3) is 0 Å². The minimum absolute atomic E-state index is 0.156. The summed E-state index contributed by atoms with van der Waals surface area (Å²) in [6.45, 7) is 4.93. The minimum Gasteiger partial charge on any atom is -0.379 e. The largest absolute Gasteiger partial charge is 0.418 e. The Bertz CT molecular complexity index is 586. The van der Waals surface area contributed by atoms with E-state index in [2.05, 4.69) is 5.10 Å². The average Bonchev–Trinajstić information content (AvgIpc) is 2.94. The van der Waals surface area contributed by atoms with Gasteiger partial charge in [-0.05, 0) is 26.0 Å². The van der Waals surface area contributed by atoms with Crippen LogP contribution >= 0.6 is 0 Å². The molecule has 7 heteroatoms. The fraction of sp³-hybridized carbons (Fsp3) is 0.462. The number of nitrogens with zero attached hydrogens (tertiary/aromatic N) is 3. The third kappa shape index (κ3) is 3.04. The zero-order chi connectivity index (χ0) is 14.9. The van der Waals surface area contributed by atoms with Crippen LogP contribution in [0.3, 0.4) is 0 Å². The van der Waals surface area contributed by atoms with Crippen molar-refractivity contribution in [1.29, 1.82) is 0 Å². The lowest BCUT2D eigenvalue weighted by Gasteiger charge is -2.12. The number of halogens is 3. The van der Waals surface area contributed by atoms with Crippen molar-refractivity contribution in [3.05, 3.63) is 41.5 Å². The van der Waals surface area contributed by atoms with Gasteiger partial charge in [-0.25, -0.2) is 0 Å². The number of aryl methyl sites for hydroxylation is 2. The highest BCUT2D eigenvalue weighted by molar-refractivity contribution is 5.17. The molecule has 2 heterocycles. The zero-order valence-corrected chi connectivity index (χ0v) is 11.2. The number of hydrogen-bond acceptors (Lipinski definition) is 2. The van der Waals surface area contributed by atoms with Gasteiger partial charge in [0.15, 0.2) is 6.10 Å². The molecule has 1 N–H and O–H groups in total. The molecule has 2 aromatic heterocycles. The summed E-state index contributed by atoms with van der Waals surface area (Å²) in [7, 11) is 0. The molecule has 110 valence electrons. The third-order valence-corrected chi connectivity index (χ3v) is 3.03. The predicted octanol–water partition coefficient (Wildman–Crippen LogP) is 2.66. The van der Waals surface area contributed by atoms with Gasteiger partial charge in [-0.2, -0.15) is 18.3 Å². The summed E-state index contributed by atoms with van der Waals surface area (Å²) in [5.41, 5.74) is 1.62. The van der Waals surface area contributed by atoms with E-state index in [1.54, 1.807) is 9.25 Å². The maximum atomic E-state index is 12.4. The van der Waals surface area contributed by atoms with Crippen LogP contribution in [0.1, 0.15) is 30.0 Å². The van der Waals surface area contributed by atoms with Crippen molar-refractivity contribution >= 4 is 0 Å². The summed E-state index contributed by atoms with van der Waals surface area (Å²) in [6.07, 6.45) is -4.26. The van der Waals surface area contributed by atoms with E-state index in [0.717, 1.165) is 11.4 Å². The second-order valence-corrected chi connectivity index (χ2v) is 4.65. The van der Waals surface area contributed by atoms with Crippen LogP contribution in [0.5, 0.6) is 0 Å². The Morgan fingerprint density at radius 1 is 1.40 bits per heavy atom. The first-order chi connectivity index (χ1) is 9.31. The van der Waals surface area contributed by atoms with Crippen LogP contribution in [0.4, 0.5) is 13.2 Å². The lowest BCUT2D eigenvalue weighted by Crippen LogP contribution is -2.19. The van der Waals surface area contributed by atoms with Gasteiger partial charge < -0.3 is 9.67 Å². The summed E-state index contributed by atoms with van der Waals surface area (Å²) >= 11 is 0. The number of aromatic nitrogens is 3. The SMILES string of the molecule is CCn1nc(C)cc1Cn1ccc(C(O)C(F)(F)F)c1. The summed E-state index contributed by atoms with van der Waals surface area (Å²) in [5, 5.41) is 13.5. The van der Waals surface area contributed by atoms with Crippen molar-refractivity contribution in [2.24, 2.45) is 0 Å². The molecule has 4 nitrogen and oxygen atoms in total. The van der Waals surface area contributed by atoms with Crippen LogP contribution in [-0.4, -0.2) is 25.6 Å². The van der Waals surface area contributed by atoms with Crippen molar-refractivity contribution in [2.75, 3.05) is 0 Å². The maximum absolute atomic E-state index is 12.4. The standard InChI is InChI=1S/C13H16F3N3O/c1-3-19-11(6-9(2)17-19)8-18-5-4-10(7-18)12(20)13(14,15)16/h4-7,12,20H,3,8H2,1-2H3. The molecule has 0 aliphatic heterocycles. The van der Waals surface area contributed by atoms with Crippen LogP contribution in [0, 0.1) is 6.92 Å². The molecule has 0 amide bonds. The zero-order valence-electron chi connectivity index (χ0n) is 11.2. The number of aliphatic hydroxyl groups is 1. The summed E-state index contributed by atoms with van der Waals surface area (Å²) < 4.78 is 40.7. The van der Waals surface area contributed by atoms with Crippen molar-refractivity contribution in [1.82, 2.24) is 14.3 Å². The molecular formula is C13H16F3N3O. The quantitative estimate of drug-likeness (QED) is 0.939. The Balaban J connectivity index is 2.17. The fourth-order valence-corrected chi connectivity index (χ4v) is 2.10. The van der Waals surface area contributed by atoms with Gasteiger partial charge in [-0.15, -0.1) is 0 Å². The van der Waals surface area contributed by atoms with E-state index in [1.165, 1.54) is 18.5 Å². The Hall–Kier alpha value is -1.76. The lowest BCUT2D eigenvalue weighted by molar-refractivity contribution is -0.206. The highest BCUT2D eigenvalue weighted by Gasteiger charge is 2.39. The number of hydrogen-bond donors (Lipinski definition) is 1. The van der Waals surface area contributed by atoms with E-state index >= 15 is 0 Å². The molecule has 1 unspecified atom stereocenters. The van der Waals surface area contributed by atoms with E-state index in [-0.39, 0.29) is 5.56 Å². The van der Waals surface area contributed by atoms with Crippen LogP contribution < -0.4 is 0 Å². The summed E-state index contributed by atoms with van der Waals surface area (Å²) in [4.78, 5) is 0. The molecule has 2 rings (SSSR count). The van der Waals surface area contributed by atoms with E-state index in [1.807, 2.05) is 19.9 Å². The lowest BCUT2D eigenvalue weighted by atomic mass is 10.2. The van der Waals surface area contributed by atoms with E-state index in [9.17, 15) is 18.3 Å².